The van der Waals surface area contributed by atoms with E-state index in [1.54, 1.807) is 18.3 Å². The maximum Gasteiger partial charge on any atom is 0.224 e. The van der Waals surface area contributed by atoms with Gasteiger partial charge in [-0.15, -0.1) is 0 Å². The number of amidine groups is 1. The minimum atomic E-state index is -0.0173. The molecule has 1 fully saturated rings. The monoisotopic (exact) mass is 264 g/mol. The highest BCUT2D eigenvalue weighted by Crippen LogP contribution is 2.13. The van der Waals surface area contributed by atoms with Gasteiger partial charge in [0.15, 0.2) is 0 Å². The number of nitrogens with two attached hydrogens (primary N) is 1. The average molecular weight is 264 g/mol. The number of morpholine rings is 1. The molecule has 1 aliphatic heterocycles. The molecule has 0 aromatic carbocycles. The predicted octanol–water partition coefficient (Wildman–Crippen LogP) is 0.467. The van der Waals surface area contributed by atoms with Crippen molar-refractivity contribution in [3.63, 3.8) is 0 Å². The summed E-state index contributed by atoms with van der Waals surface area (Å²) >= 11 is 0. The zero-order valence-electron chi connectivity index (χ0n) is 11.0. The van der Waals surface area contributed by atoms with Gasteiger partial charge in [0, 0.05) is 25.8 Å². The Bertz CT molecular complexity index is 419. The van der Waals surface area contributed by atoms with Crippen LogP contribution in [0.1, 0.15) is 12.0 Å². The Hall–Kier alpha value is -1.66. The Morgan fingerprint density at radius 2 is 2.26 bits per heavy atom. The van der Waals surface area contributed by atoms with Crippen molar-refractivity contribution in [3.05, 3.63) is 23.9 Å². The Morgan fingerprint density at radius 1 is 1.47 bits per heavy atom. The van der Waals surface area contributed by atoms with Crippen LogP contribution in [0.15, 0.2) is 18.3 Å². The summed E-state index contributed by atoms with van der Waals surface area (Å²) in [6.07, 6.45) is 2.57. The van der Waals surface area contributed by atoms with Crippen LogP contribution in [0.3, 0.4) is 0 Å². The smallest absolute Gasteiger partial charge is 0.224 e. The summed E-state index contributed by atoms with van der Waals surface area (Å²) < 4.78 is 10.9. The van der Waals surface area contributed by atoms with Gasteiger partial charge in [-0.3, -0.25) is 10.3 Å². The fourth-order valence-corrected chi connectivity index (χ4v) is 1.99. The molecular formula is C13H20N4O2. The summed E-state index contributed by atoms with van der Waals surface area (Å²) in [7, 11) is 0. The molecule has 1 saturated heterocycles. The minimum Gasteiger partial charge on any atom is -0.477 e. The van der Waals surface area contributed by atoms with Crippen LogP contribution < -0.4 is 10.5 Å². The van der Waals surface area contributed by atoms with Crippen LogP contribution in [-0.4, -0.2) is 55.2 Å². The summed E-state index contributed by atoms with van der Waals surface area (Å²) in [6, 6.07) is 3.49. The normalized spacial score (nSPS) is 16.2. The molecule has 0 saturated carbocycles. The first-order valence-electron chi connectivity index (χ1n) is 6.49. The molecule has 2 heterocycles. The van der Waals surface area contributed by atoms with Crippen molar-refractivity contribution >= 4 is 5.84 Å². The van der Waals surface area contributed by atoms with Gasteiger partial charge in [-0.2, -0.15) is 0 Å². The molecule has 0 aliphatic carbocycles. The van der Waals surface area contributed by atoms with Crippen molar-refractivity contribution in [2.24, 2.45) is 5.73 Å². The fourth-order valence-electron chi connectivity index (χ4n) is 1.99. The van der Waals surface area contributed by atoms with Crippen molar-refractivity contribution < 1.29 is 9.47 Å². The largest absolute Gasteiger partial charge is 0.477 e. The number of hydrogen-bond acceptors (Lipinski definition) is 5. The second-order valence-corrected chi connectivity index (χ2v) is 4.43. The van der Waals surface area contributed by atoms with E-state index in [1.165, 1.54) is 0 Å². The van der Waals surface area contributed by atoms with Crippen molar-refractivity contribution in [2.45, 2.75) is 6.42 Å². The molecule has 3 N–H and O–H groups in total. The molecule has 104 valence electrons. The molecule has 0 atom stereocenters. The molecule has 6 heteroatoms. The Labute approximate surface area is 113 Å². The van der Waals surface area contributed by atoms with E-state index in [0.717, 1.165) is 39.3 Å². The summed E-state index contributed by atoms with van der Waals surface area (Å²) in [5.74, 6) is 0.424. The molecule has 19 heavy (non-hydrogen) atoms. The van der Waals surface area contributed by atoms with Gasteiger partial charge in [0.1, 0.15) is 5.84 Å². The van der Waals surface area contributed by atoms with E-state index in [2.05, 4.69) is 9.88 Å². The van der Waals surface area contributed by atoms with Crippen LogP contribution in [-0.2, 0) is 4.74 Å². The summed E-state index contributed by atoms with van der Waals surface area (Å²) in [5.41, 5.74) is 6.03. The van der Waals surface area contributed by atoms with Gasteiger partial charge in [0.2, 0.25) is 5.88 Å². The number of ether oxygens (including phenoxy) is 2. The van der Waals surface area contributed by atoms with Gasteiger partial charge >= 0.3 is 0 Å². The van der Waals surface area contributed by atoms with Crippen molar-refractivity contribution in [2.75, 3.05) is 39.5 Å². The third-order valence-electron chi connectivity index (χ3n) is 3.02. The fraction of sp³-hybridized carbons (Fsp3) is 0.538. The maximum absolute atomic E-state index is 7.45. The van der Waals surface area contributed by atoms with Crippen molar-refractivity contribution in [3.8, 4) is 5.88 Å². The maximum atomic E-state index is 7.45. The van der Waals surface area contributed by atoms with E-state index in [1.807, 2.05) is 0 Å². The van der Waals surface area contributed by atoms with Crippen LogP contribution in [0.25, 0.3) is 0 Å². The molecular weight excluding hydrogens is 244 g/mol. The van der Waals surface area contributed by atoms with Gasteiger partial charge in [-0.05, 0) is 18.6 Å². The highest BCUT2D eigenvalue weighted by molar-refractivity contribution is 5.96. The zero-order chi connectivity index (χ0) is 13.5. The first-order valence-corrected chi connectivity index (χ1v) is 6.49. The molecule has 0 unspecified atom stereocenters. The van der Waals surface area contributed by atoms with Crippen LogP contribution >= 0.6 is 0 Å². The predicted molar refractivity (Wildman–Crippen MR) is 72.6 cm³/mol. The number of pyridine rings is 1. The molecule has 0 spiro atoms. The number of nitrogen functional groups attached to an aromatic ring is 1. The molecule has 1 aromatic heterocycles. The Balaban J connectivity index is 1.74. The molecule has 1 aromatic rings. The second kappa shape index (κ2) is 7.06. The number of nitrogens with zero attached hydrogens (tertiary/aromatic N) is 2. The van der Waals surface area contributed by atoms with Crippen LogP contribution in [0, 0.1) is 5.41 Å². The Kier molecular flexibility index (Phi) is 5.11. The van der Waals surface area contributed by atoms with Gasteiger partial charge in [-0.1, -0.05) is 0 Å². The van der Waals surface area contributed by atoms with E-state index < -0.39 is 0 Å². The zero-order valence-corrected chi connectivity index (χ0v) is 11.0. The summed E-state index contributed by atoms with van der Waals surface area (Å²) in [6.45, 7) is 5.18. The lowest BCUT2D eigenvalue weighted by Gasteiger charge is -2.26. The third-order valence-corrected chi connectivity index (χ3v) is 3.02. The standard InChI is InChI=1S/C13H20N4O2/c14-12(15)11-3-1-4-16-13(11)19-8-2-5-17-6-9-18-10-7-17/h1,3-4H,2,5-10H2,(H3,14,15). The highest BCUT2D eigenvalue weighted by Gasteiger charge is 2.10. The van der Waals surface area contributed by atoms with Crippen LogP contribution in [0.4, 0.5) is 0 Å². The summed E-state index contributed by atoms with van der Waals surface area (Å²) in [5, 5.41) is 7.45. The van der Waals surface area contributed by atoms with E-state index >= 15 is 0 Å². The van der Waals surface area contributed by atoms with Crippen molar-refractivity contribution in [1.29, 1.82) is 5.41 Å². The lowest BCUT2D eigenvalue weighted by Crippen LogP contribution is -2.37. The van der Waals surface area contributed by atoms with Gasteiger partial charge in [-0.25, -0.2) is 4.98 Å². The van der Waals surface area contributed by atoms with E-state index in [0.29, 0.717) is 18.1 Å². The van der Waals surface area contributed by atoms with Crippen LogP contribution in [0.5, 0.6) is 5.88 Å². The van der Waals surface area contributed by atoms with Gasteiger partial charge in [0.25, 0.3) is 0 Å². The number of hydrogen-bond donors (Lipinski definition) is 2. The lowest BCUT2D eigenvalue weighted by atomic mass is 10.2. The van der Waals surface area contributed by atoms with Crippen molar-refractivity contribution in [1.82, 2.24) is 9.88 Å². The van der Waals surface area contributed by atoms with Crippen LogP contribution in [0.2, 0.25) is 0 Å². The lowest BCUT2D eigenvalue weighted by molar-refractivity contribution is 0.0357. The first-order chi connectivity index (χ1) is 9.27. The van der Waals surface area contributed by atoms with Gasteiger partial charge < -0.3 is 15.2 Å². The Morgan fingerprint density at radius 3 is 3.00 bits per heavy atom. The third kappa shape index (κ3) is 4.18. The number of aromatic nitrogens is 1. The average Bonchev–Trinajstić information content (AvgIpc) is 2.45. The molecule has 0 bridgehead atoms. The van der Waals surface area contributed by atoms with E-state index in [9.17, 15) is 0 Å². The molecule has 1 aliphatic rings. The first kappa shape index (κ1) is 13.8. The quantitative estimate of drug-likeness (QED) is 0.443. The molecule has 6 nitrogen and oxygen atoms in total. The highest BCUT2D eigenvalue weighted by atomic mass is 16.5. The topological polar surface area (TPSA) is 84.5 Å². The molecule has 2 rings (SSSR count). The number of nitrogens with one attached hydrogen (secondary N) is 1. The minimum absolute atomic E-state index is 0.0173. The van der Waals surface area contributed by atoms with E-state index in [4.69, 9.17) is 20.6 Å². The second-order valence-electron chi connectivity index (χ2n) is 4.43. The molecule has 0 amide bonds. The van der Waals surface area contributed by atoms with Gasteiger partial charge in [0.05, 0.1) is 25.4 Å². The SMILES string of the molecule is N=C(N)c1cccnc1OCCCN1CCOCC1. The summed E-state index contributed by atoms with van der Waals surface area (Å²) in [4.78, 5) is 6.47. The van der Waals surface area contributed by atoms with E-state index in [-0.39, 0.29) is 5.84 Å². The number of rotatable bonds is 6. The molecule has 0 radical (unpaired) electrons.